The van der Waals surface area contributed by atoms with Crippen LogP contribution in [0.3, 0.4) is 0 Å². The van der Waals surface area contributed by atoms with Crippen molar-refractivity contribution in [3.05, 3.63) is 24.0 Å². The van der Waals surface area contributed by atoms with Crippen LogP contribution in [0.5, 0.6) is 5.75 Å². The van der Waals surface area contributed by atoms with Crippen LogP contribution < -0.4 is 4.74 Å². The van der Waals surface area contributed by atoms with Gasteiger partial charge in [0.05, 0.1) is 31.1 Å². The lowest BCUT2D eigenvalue weighted by Crippen LogP contribution is -2.30. The molecule has 0 spiro atoms. The third-order valence-corrected chi connectivity index (χ3v) is 2.78. The second kappa shape index (κ2) is 4.68. The maximum Gasteiger partial charge on any atom is 0.257 e. The summed E-state index contributed by atoms with van der Waals surface area (Å²) in [6, 6.07) is 1.55. The SMILES string of the molecule is COc1cnccc1C(=O)N1CC(O)C(O)C1. The largest absolute Gasteiger partial charge is 0.494 e. The van der Waals surface area contributed by atoms with E-state index in [4.69, 9.17) is 4.74 Å². The average molecular weight is 238 g/mol. The van der Waals surface area contributed by atoms with Crippen molar-refractivity contribution in [2.75, 3.05) is 20.2 Å². The molecule has 17 heavy (non-hydrogen) atoms. The summed E-state index contributed by atoms with van der Waals surface area (Å²) in [4.78, 5) is 17.4. The Bertz CT molecular complexity index is 414. The number of aliphatic hydroxyl groups is 2. The van der Waals surface area contributed by atoms with E-state index in [1.54, 1.807) is 6.07 Å². The number of aliphatic hydroxyl groups excluding tert-OH is 2. The predicted molar refractivity (Wildman–Crippen MR) is 58.7 cm³/mol. The van der Waals surface area contributed by atoms with Crippen LogP contribution in [-0.4, -0.2) is 58.4 Å². The molecule has 6 heteroatoms. The lowest BCUT2D eigenvalue weighted by Gasteiger charge is -2.16. The van der Waals surface area contributed by atoms with E-state index in [9.17, 15) is 15.0 Å². The summed E-state index contributed by atoms with van der Waals surface area (Å²) in [5.41, 5.74) is 0.379. The van der Waals surface area contributed by atoms with Crippen LogP contribution in [0.25, 0.3) is 0 Å². The van der Waals surface area contributed by atoms with Gasteiger partial charge in [-0.3, -0.25) is 9.78 Å². The highest BCUT2D eigenvalue weighted by Crippen LogP contribution is 2.20. The summed E-state index contributed by atoms with van der Waals surface area (Å²) in [5.74, 6) is 0.105. The van der Waals surface area contributed by atoms with Gasteiger partial charge in [0.15, 0.2) is 0 Å². The number of pyridine rings is 1. The fraction of sp³-hybridized carbons (Fsp3) is 0.455. The minimum Gasteiger partial charge on any atom is -0.494 e. The normalized spacial score (nSPS) is 23.8. The molecule has 2 atom stereocenters. The van der Waals surface area contributed by atoms with Gasteiger partial charge in [0.25, 0.3) is 5.91 Å². The summed E-state index contributed by atoms with van der Waals surface area (Å²) in [5, 5.41) is 18.8. The highest BCUT2D eigenvalue weighted by molar-refractivity contribution is 5.97. The van der Waals surface area contributed by atoms with E-state index >= 15 is 0 Å². The Labute approximate surface area is 98.5 Å². The first kappa shape index (κ1) is 11.8. The second-order valence-corrected chi connectivity index (χ2v) is 3.92. The number of aromatic nitrogens is 1. The minimum atomic E-state index is -0.883. The van der Waals surface area contributed by atoms with Crippen molar-refractivity contribution in [1.29, 1.82) is 0 Å². The molecule has 2 unspecified atom stereocenters. The van der Waals surface area contributed by atoms with Gasteiger partial charge in [-0.15, -0.1) is 0 Å². The van der Waals surface area contributed by atoms with Gasteiger partial charge in [-0.25, -0.2) is 0 Å². The Morgan fingerprint density at radius 3 is 2.71 bits per heavy atom. The van der Waals surface area contributed by atoms with Gasteiger partial charge in [0.2, 0.25) is 0 Å². The Kier molecular flexibility index (Phi) is 3.26. The third kappa shape index (κ3) is 2.22. The molecule has 1 aromatic heterocycles. The number of rotatable bonds is 2. The van der Waals surface area contributed by atoms with Crippen molar-refractivity contribution in [1.82, 2.24) is 9.88 Å². The number of carbonyl (C=O) groups is 1. The zero-order valence-corrected chi connectivity index (χ0v) is 9.41. The molecule has 1 aromatic rings. The fourth-order valence-corrected chi connectivity index (χ4v) is 1.82. The second-order valence-electron chi connectivity index (χ2n) is 3.92. The van der Waals surface area contributed by atoms with Crippen LogP contribution in [0.15, 0.2) is 18.5 Å². The molecular weight excluding hydrogens is 224 g/mol. The van der Waals surface area contributed by atoms with Gasteiger partial charge in [0, 0.05) is 19.3 Å². The van der Waals surface area contributed by atoms with Crippen molar-refractivity contribution in [2.24, 2.45) is 0 Å². The van der Waals surface area contributed by atoms with Crippen LogP contribution in [0.4, 0.5) is 0 Å². The molecule has 6 nitrogen and oxygen atoms in total. The maximum absolute atomic E-state index is 12.1. The average Bonchev–Trinajstić information content (AvgIpc) is 2.68. The maximum atomic E-state index is 12.1. The van der Waals surface area contributed by atoms with E-state index in [1.165, 1.54) is 24.4 Å². The van der Waals surface area contributed by atoms with Crippen molar-refractivity contribution in [3.8, 4) is 5.75 Å². The monoisotopic (exact) mass is 238 g/mol. The Morgan fingerprint density at radius 1 is 1.47 bits per heavy atom. The van der Waals surface area contributed by atoms with Crippen molar-refractivity contribution in [2.45, 2.75) is 12.2 Å². The molecule has 1 saturated heterocycles. The number of methoxy groups -OCH3 is 1. The first-order valence-corrected chi connectivity index (χ1v) is 5.27. The summed E-state index contributed by atoms with van der Waals surface area (Å²) in [7, 11) is 1.46. The number of amides is 1. The lowest BCUT2D eigenvalue weighted by atomic mass is 10.2. The van der Waals surface area contributed by atoms with Crippen molar-refractivity contribution >= 4 is 5.91 Å². The number of likely N-dealkylation sites (tertiary alicyclic amines) is 1. The Balaban J connectivity index is 2.20. The quantitative estimate of drug-likeness (QED) is 0.709. The number of ether oxygens (including phenoxy) is 1. The summed E-state index contributed by atoms with van der Waals surface area (Å²) in [6.45, 7) is 0.261. The zero-order valence-electron chi connectivity index (χ0n) is 9.41. The van der Waals surface area contributed by atoms with E-state index in [2.05, 4.69) is 4.98 Å². The van der Waals surface area contributed by atoms with Gasteiger partial charge in [-0.1, -0.05) is 0 Å². The molecule has 2 rings (SSSR count). The Hall–Kier alpha value is -1.66. The molecule has 0 saturated carbocycles. The van der Waals surface area contributed by atoms with Crippen LogP contribution in [0.2, 0.25) is 0 Å². The fourth-order valence-electron chi connectivity index (χ4n) is 1.82. The molecule has 2 N–H and O–H groups in total. The third-order valence-electron chi connectivity index (χ3n) is 2.78. The van der Waals surface area contributed by atoms with Crippen molar-refractivity contribution < 1.29 is 19.7 Å². The molecule has 1 fully saturated rings. The smallest absolute Gasteiger partial charge is 0.257 e. The van der Waals surface area contributed by atoms with E-state index in [1.807, 2.05) is 0 Å². The van der Waals surface area contributed by atoms with E-state index < -0.39 is 12.2 Å². The molecule has 0 bridgehead atoms. The summed E-state index contributed by atoms with van der Waals surface area (Å²) in [6.07, 6.45) is 1.19. The molecule has 0 aromatic carbocycles. The van der Waals surface area contributed by atoms with E-state index in [-0.39, 0.29) is 19.0 Å². The van der Waals surface area contributed by atoms with Gasteiger partial charge in [0.1, 0.15) is 5.75 Å². The highest BCUT2D eigenvalue weighted by atomic mass is 16.5. The van der Waals surface area contributed by atoms with Gasteiger partial charge in [-0.2, -0.15) is 0 Å². The number of nitrogens with zero attached hydrogens (tertiary/aromatic N) is 2. The first-order valence-electron chi connectivity index (χ1n) is 5.27. The molecule has 1 aliphatic rings. The summed E-state index contributed by atoms with van der Waals surface area (Å²) < 4.78 is 5.04. The van der Waals surface area contributed by atoms with Crippen LogP contribution in [-0.2, 0) is 0 Å². The zero-order chi connectivity index (χ0) is 12.4. The highest BCUT2D eigenvalue weighted by Gasteiger charge is 2.33. The molecule has 1 amide bonds. The van der Waals surface area contributed by atoms with Crippen molar-refractivity contribution in [3.63, 3.8) is 0 Å². The number of β-amino-alcohol motifs (C(OH)–C–C–N with tert-alkyl or cyclic N) is 2. The number of carbonyl (C=O) groups excluding carboxylic acids is 1. The number of hydrogen-bond acceptors (Lipinski definition) is 5. The van der Waals surface area contributed by atoms with Gasteiger partial charge in [-0.05, 0) is 6.07 Å². The van der Waals surface area contributed by atoms with Crippen LogP contribution in [0, 0.1) is 0 Å². The molecular formula is C11H14N2O4. The predicted octanol–water partition coefficient (Wildman–Crippen LogP) is -0.732. The van der Waals surface area contributed by atoms with Gasteiger partial charge >= 0.3 is 0 Å². The molecule has 0 aliphatic carbocycles. The minimum absolute atomic E-state index is 0.130. The van der Waals surface area contributed by atoms with E-state index in [0.717, 1.165) is 0 Å². The molecule has 1 aliphatic heterocycles. The summed E-state index contributed by atoms with van der Waals surface area (Å²) >= 11 is 0. The Morgan fingerprint density at radius 2 is 2.12 bits per heavy atom. The molecule has 0 radical (unpaired) electrons. The van der Waals surface area contributed by atoms with E-state index in [0.29, 0.717) is 11.3 Å². The first-order chi connectivity index (χ1) is 8.13. The van der Waals surface area contributed by atoms with Gasteiger partial charge < -0.3 is 19.8 Å². The topological polar surface area (TPSA) is 82.9 Å². The molecule has 2 heterocycles. The van der Waals surface area contributed by atoms with Crippen LogP contribution >= 0.6 is 0 Å². The lowest BCUT2D eigenvalue weighted by molar-refractivity contribution is 0.0572. The molecule has 92 valence electrons. The standard InChI is InChI=1S/C11H14N2O4/c1-17-10-4-12-3-2-7(10)11(16)13-5-8(14)9(15)6-13/h2-4,8-9,14-15H,5-6H2,1H3. The number of hydrogen-bond donors (Lipinski definition) is 2. The van der Waals surface area contributed by atoms with Crippen LogP contribution in [0.1, 0.15) is 10.4 Å².